The lowest BCUT2D eigenvalue weighted by molar-refractivity contribution is -0.157. The van der Waals surface area contributed by atoms with Crippen LogP contribution in [0.5, 0.6) is 0 Å². The molecular weight excluding hydrogens is 120 g/mol. The number of ether oxygens (including phenoxy) is 1. The van der Waals surface area contributed by atoms with Crippen LogP contribution in [0.15, 0.2) is 0 Å². The predicted molar refractivity (Wildman–Crippen MR) is 30.8 cm³/mol. The van der Waals surface area contributed by atoms with Crippen LogP contribution in [0, 0.1) is 0 Å². The molecule has 0 saturated carbocycles. The lowest BCUT2D eigenvalue weighted by Gasteiger charge is -2.26. The Morgan fingerprint density at radius 3 is 3.44 bits per heavy atom. The van der Waals surface area contributed by atoms with Crippen LogP contribution in [-0.2, 0) is 9.53 Å². The highest BCUT2D eigenvalue weighted by Crippen LogP contribution is 2.19. The maximum absolute atomic E-state index is 11.0. The van der Waals surface area contributed by atoms with Crippen molar-refractivity contribution in [2.75, 3.05) is 6.61 Å². The van der Waals surface area contributed by atoms with E-state index < -0.39 is 31.2 Å². The second-order valence-electron chi connectivity index (χ2n) is 1.87. The zero-order valence-corrected chi connectivity index (χ0v) is 4.68. The summed E-state index contributed by atoms with van der Waals surface area (Å²) in [5, 5.41) is 9.67. The maximum Gasteiger partial charge on any atom is 0.308 e. The van der Waals surface area contributed by atoms with Gasteiger partial charge in [0.05, 0.1) is 18.6 Å². The fraction of sp³-hybridized carbons (Fsp3) is 0.833. The van der Waals surface area contributed by atoms with Gasteiger partial charge in [-0.3, -0.25) is 4.79 Å². The number of aliphatic hydroxyl groups is 1. The minimum absolute atomic E-state index is 0.284. The highest BCUT2D eigenvalue weighted by molar-refractivity contribution is 5.71. The van der Waals surface area contributed by atoms with Crippen molar-refractivity contribution in [2.24, 2.45) is 0 Å². The molecule has 3 nitrogen and oxygen atoms in total. The fourth-order valence-corrected chi connectivity index (χ4v) is 0.559. The first-order chi connectivity index (χ1) is 6.13. The third-order valence-corrected chi connectivity index (χ3v) is 1.01. The van der Waals surface area contributed by atoms with Crippen molar-refractivity contribution >= 4 is 5.97 Å². The number of hydrogen-bond acceptors (Lipinski definition) is 3. The average Bonchev–Trinajstić information content (AvgIpc) is 1.98. The second kappa shape index (κ2) is 1.99. The van der Waals surface area contributed by atoms with Crippen molar-refractivity contribution in [3.05, 3.63) is 0 Å². The van der Waals surface area contributed by atoms with E-state index in [1.54, 1.807) is 0 Å². The van der Waals surface area contributed by atoms with Gasteiger partial charge in [-0.05, 0) is 6.85 Å². The molecule has 0 aromatic carbocycles. The van der Waals surface area contributed by atoms with Gasteiger partial charge in [-0.1, -0.05) is 0 Å². The fourth-order valence-electron chi connectivity index (χ4n) is 0.559. The summed E-state index contributed by atoms with van der Waals surface area (Å²) in [7, 11) is 0. The smallest absolute Gasteiger partial charge is 0.308 e. The number of rotatable bonds is 0. The Morgan fingerprint density at radius 2 is 2.89 bits per heavy atom. The van der Waals surface area contributed by atoms with Crippen LogP contribution in [0.1, 0.15) is 26.5 Å². The predicted octanol–water partition coefficient (Wildman–Crippen LogP) is 0.0744. The summed E-state index contributed by atoms with van der Waals surface area (Å²) in [5.41, 5.74) is -2.66. The van der Waals surface area contributed by atoms with E-state index in [0.29, 0.717) is 0 Å². The molecule has 0 amide bonds. The molecule has 0 aliphatic carbocycles. The zero-order valence-electron chi connectivity index (χ0n) is 9.68. The van der Waals surface area contributed by atoms with E-state index in [1.807, 2.05) is 0 Å². The Kier molecular flexibility index (Phi) is 0.570. The summed E-state index contributed by atoms with van der Waals surface area (Å²) < 4.78 is 39.8. The molecule has 1 aliphatic rings. The summed E-state index contributed by atoms with van der Waals surface area (Å²) >= 11 is 0. The second-order valence-corrected chi connectivity index (χ2v) is 1.87. The molecule has 0 bridgehead atoms. The van der Waals surface area contributed by atoms with Crippen LogP contribution in [0.25, 0.3) is 0 Å². The lowest BCUT2D eigenvalue weighted by atomic mass is 9.97. The molecule has 0 spiro atoms. The van der Waals surface area contributed by atoms with E-state index in [4.69, 9.17) is 6.85 Å². The number of carbonyl (C=O) groups is 1. The molecule has 0 aromatic heterocycles. The van der Waals surface area contributed by atoms with Crippen molar-refractivity contribution in [3.63, 3.8) is 0 Å². The van der Waals surface area contributed by atoms with Gasteiger partial charge in [0.25, 0.3) is 0 Å². The highest BCUT2D eigenvalue weighted by atomic mass is 16.5. The SMILES string of the molecule is [2H]C([2H])([2H])C1(O)CCOC(=O)C1([2H])[2H]. The minimum Gasteiger partial charge on any atom is -0.465 e. The van der Waals surface area contributed by atoms with Crippen LogP contribution in [0.4, 0.5) is 0 Å². The summed E-state index contributed by atoms with van der Waals surface area (Å²) in [6.45, 7) is -3.23. The van der Waals surface area contributed by atoms with Gasteiger partial charge in [0, 0.05) is 13.3 Å². The van der Waals surface area contributed by atoms with Gasteiger partial charge >= 0.3 is 5.97 Å². The molecule has 1 rings (SSSR count). The first-order valence-corrected chi connectivity index (χ1v) is 2.52. The third-order valence-electron chi connectivity index (χ3n) is 1.01. The molecule has 52 valence electrons. The third kappa shape index (κ3) is 1.68. The summed E-state index contributed by atoms with van der Waals surface area (Å²) in [4.78, 5) is 11.0. The lowest BCUT2D eigenvalue weighted by Crippen LogP contribution is -2.35. The van der Waals surface area contributed by atoms with Gasteiger partial charge in [0.1, 0.15) is 0 Å². The van der Waals surface area contributed by atoms with Crippen molar-refractivity contribution in [1.82, 2.24) is 0 Å². The first-order valence-electron chi connectivity index (χ1n) is 5.02. The molecule has 0 radical (unpaired) electrons. The topological polar surface area (TPSA) is 46.5 Å². The van der Waals surface area contributed by atoms with E-state index in [-0.39, 0.29) is 6.61 Å². The standard InChI is InChI=1S/C6H10O3/c1-6(8)2-3-9-5(7)4-6/h8H,2-4H2,1H3/i1D3,4D2. The Morgan fingerprint density at radius 1 is 2.11 bits per heavy atom. The van der Waals surface area contributed by atoms with Crippen LogP contribution < -0.4 is 0 Å². The van der Waals surface area contributed by atoms with Gasteiger partial charge < -0.3 is 9.84 Å². The number of carbonyl (C=O) groups excluding carboxylic acids is 1. The van der Waals surface area contributed by atoms with Gasteiger partial charge in [-0.15, -0.1) is 0 Å². The van der Waals surface area contributed by atoms with E-state index in [2.05, 4.69) is 4.74 Å². The average molecular weight is 135 g/mol. The van der Waals surface area contributed by atoms with Gasteiger partial charge in [0.2, 0.25) is 0 Å². The first kappa shape index (κ1) is 2.58. The Hall–Kier alpha value is -0.570. The van der Waals surface area contributed by atoms with E-state index in [0.717, 1.165) is 0 Å². The largest absolute Gasteiger partial charge is 0.465 e. The normalized spacial score (nSPS) is 51.2. The molecule has 1 unspecified atom stereocenters. The van der Waals surface area contributed by atoms with Gasteiger partial charge in [-0.2, -0.15) is 0 Å². The summed E-state index contributed by atoms with van der Waals surface area (Å²) in [5.74, 6) is -1.33. The van der Waals surface area contributed by atoms with E-state index in [1.165, 1.54) is 0 Å². The number of esters is 1. The molecular formula is C6H10O3. The van der Waals surface area contributed by atoms with Crippen LogP contribution in [0.3, 0.4) is 0 Å². The van der Waals surface area contributed by atoms with Crippen molar-refractivity contribution < 1.29 is 21.5 Å². The number of hydrogen-bond donors (Lipinski definition) is 1. The molecule has 1 N–H and O–H groups in total. The van der Waals surface area contributed by atoms with Crippen LogP contribution >= 0.6 is 0 Å². The number of cyclic esters (lactones) is 1. The molecule has 1 fully saturated rings. The van der Waals surface area contributed by atoms with E-state index >= 15 is 0 Å². The molecule has 1 saturated heterocycles. The summed E-state index contributed by atoms with van der Waals surface area (Å²) in [6.07, 6.45) is -3.32. The Bertz CT molecular complexity index is 261. The molecule has 1 aliphatic heterocycles. The van der Waals surface area contributed by atoms with Crippen molar-refractivity contribution in [2.45, 2.75) is 25.2 Å². The van der Waals surface area contributed by atoms with Crippen molar-refractivity contribution in [3.8, 4) is 0 Å². The van der Waals surface area contributed by atoms with Gasteiger partial charge in [-0.25, -0.2) is 0 Å². The molecule has 9 heavy (non-hydrogen) atoms. The Labute approximate surface area is 60.7 Å². The molecule has 1 atom stereocenters. The molecule has 3 heteroatoms. The Balaban J connectivity index is 3.14. The molecule has 1 heterocycles. The van der Waals surface area contributed by atoms with Crippen molar-refractivity contribution in [1.29, 1.82) is 0 Å². The molecule has 0 aromatic rings. The highest BCUT2D eigenvalue weighted by Gasteiger charge is 2.29. The zero-order chi connectivity index (χ0) is 11.2. The van der Waals surface area contributed by atoms with Crippen LogP contribution in [0.2, 0.25) is 0 Å². The minimum atomic E-state index is -2.95. The maximum atomic E-state index is 11.0. The van der Waals surface area contributed by atoms with Gasteiger partial charge in [0.15, 0.2) is 0 Å². The quantitative estimate of drug-likeness (QED) is 0.478. The monoisotopic (exact) mass is 135 g/mol. The summed E-state index contributed by atoms with van der Waals surface area (Å²) in [6, 6.07) is 0. The van der Waals surface area contributed by atoms with E-state index in [9.17, 15) is 9.90 Å². The van der Waals surface area contributed by atoms with Crippen LogP contribution in [-0.4, -0.2) is 23.3 Å².